The average molecular weight is 699 g/mol. The number of ether oxygens (including phenoxy) is 5. The molecule has 1 amide bonds. The minimum atomic E-state index is -1.92. The van der Waals surface area contributed by atoms with Crippen LogP contribution in [-0.4, -0.2) is 72.4 Å². The Morgan fingerprint density at radius 3 is 1.90 bits per heavy atom. The van der Waals surface area contributed by atoms with Gasteiger partial charge in [-0.1, -0.05) is 54.6 Å². The van der Waals surface area contributed by atoms with E-state index < -0.39 is 60.7 Å². The van der Waals surface area contributed by atoms with Gasteiger partial charge in [-0.05, 0) is 35.8 Å². The first-order chi connectivity index (χ1) is 22.8. The van der Waals surface area contributed by atoms with Gasteiger partial charge in [0.2, 0.25) is 6.10 Å². The zero-order chi connectivity index (χ0) is 35.4. The second-order valence-electron chi connectivity index (χ2n) is 10.0. The number of esters is 5. The smallest absolute Gasteiger partial charge is 0.341 e. The van der Waals surface area contributed by atoms with Crippen LogP contribution in [0, 0.1) is 0 Å². The minimum absolute atomic E-state index is 0.0974. The molecule has 254 valence electrons. The highest BCUT2D eigenvalue weighted by atomic mass is 32.1. The number of thiophene rings is 1. The fraction of sp³-hybridized carbons (Fsp3) is 0.303. The molecule has 2 aromatic carbocycles. The molecule has 3 unspecified atom stereocenters. The maximum absolute atomic E-state index is 13.5. The van der Waals surface area contributed by atoms with E-state index in [0.29, 0.717) is 5.56 Å². The standard InChI is InChI=1S/C33H34N2O11S2/c1-6-42-32(41)27-25(24-14-12-23(13-15-24)22-10-8-7-9-11-22)17-48-31(27)35-33(47)34-30(40)29(46-21(5)39)28(45-20(4)38)26(44-19(3)37)16-43-18(2)36/h7-15,17,26,28-29H,6,16H2,1-5H3,(H2,34,35,40,47). The monoisotopic (exact) mass is 698 g/mol. The lowest BCUT2D eigenvalue weighted by Crippen LogP contribution is -2.55. The highest BCUT2D eigenvalue weighted by Gasteiger charge is 2.42. The molecular formula is C33H34N2O11S2. The first-order valence-electron chi connectivity index (χ1n) is 14.5. The highest BCUT2D eigenvalue weighted by Crippen LogP contribution is 2.37. The predicted octanol–water partition coefficient (Wildman–Crippen LogP) is 4.43. The molecule has 3 rings (SSSR count). The SMILES string of the molecule is CCOC(=O)c1c(-c2ccc(-c3ccccc3)cc2)csc1NC(=S)NC(=O)C(OC(C)=O)C(OC(C)=O)C(COC(C)=O)OC(C)=O. The lowest BCUT2D eigenvalue weighted by molar-refractivity contribution is -0.190. The minimum Gasteiger partial charge on any atom is -0.462 e. The summed E-state index contributed by atoms with van der Waals surface area (Å²) < 4.78 is 25.8. The van der Waals surface area contributed by atoms with Gasteiger partial charge in [-0.2, -0.15) is 0 Å². The van der Waals surface area contributed by atoms with Gasteiger partial charge in [0.15, 0.2) is 17.3 Å². The summed E-state index contributed by atoms with van der Waals surface area (Å²) in [7, 11) is 0. The topological polar surface area (TPSA) is 173 Å². The van der Waals surface area contributed by atoms with Crippen LogP contribution in [0.25, 0.3) is 22.3 Å². The summed E-state index contributed by atoms with van der Waals surface area (Å²) in [4.78, 5) is 73.9. The number of rotatable bonds is 13. The summed E-state index contributed by atoms with van der Waals surface area (Å²) in [6.07, 6.45) is -5.21. The number of nitrogens with one attached hydrogen (secondary N) is 2. The molecule has 3 atom stereocenters. The molecule has 0 aliphatic carbocycles. The highest BCUT2D eigenvalue weighted by molar-refractivity contribution is 7.80. The molecule has 0 saturated carbocycles. The molecule has 2 N–H and O–H groups in total. The van der Waals surface area contributed by atoms with Crippen LogP contribution in [-0.2, 0) is 47.7 Å². The van der Waals surface area contributed by atoms with Crippen molar-refractivity contribution in [1.29, 1.82) is 0 Å². The Hall–Kier alpha value is -5.15. The van der Waals surface area contributed by atoms with E-state index in [9.17, 15) is 28.8 Å². The van der Waals surface area contributed by atoms with E-state index in [0.717, 1.165) is 55.7 Å². The van der Waals surface area contributed by atoms with Gasteiger partial charge < -0.3 is 29.0 Å². The molecule has 48 heavy (non-hydrogen) atoms. The van der Waals surface area contributed by atoms with Crippen molar-refractivity contribution in [3.8, 4) is 22.3 Å². The third kappa shape index (κ3) is 10.7. The van der Waals surface area contributed by atoms with Gasteiger partial charge in [0.25, 0.3) is 5.91 Å². The number of anilines is 1. The molecule has 1 heterocycles. The van der Waals surface area contributed by atoms with E-state index in [1.54, 1.807) is 12.3 Å². The Bertz CT molecular complexity index is 1660. The molecule has 0 saturated heterocycles. The van der Waals surface area contributed by atoms with E-state index in [-0.39, 0.29) is 22.3 Å². The van der Waals surface area contributed by atoms with Crippen LogP contribution in [0.2, 0.25) is 0 Å². The average Bonchev–Trinajstić information content (AvgIpc) is 3.44. The van der Waals surface area contributed by atoms with E-state index >= 15 is 0 Å². The van der Waals surface area contributed by atoms with Gasteiger partial charge in [-0.3, -0.25) is 29.3 Å². The number of amides is 1. The number of carbonyl (C=O) groups is 6. The van der Waals surface area contributed by atoms with Crippen molar-refractivity contribution in [3.05, 3.63) is 65.5 Å². The van der Waals surface area contributed by atoms with Crippen LogP contribution < -0.4 is 10.6 Å². The van der Waals surface area contributed by atoms with E-state index in [4.69, 9.17) is 35.9 Å². The van der Waals surface area contributed by atoms with Gasteiger partial charge in [-0.25, -0.2) is 4.79 Å². The van der Waals surface area contributed by atoms with Crippen molar-refractivity contribution in [1.82, 2.24) is 5.32 Å². The Morgan fingerprint density at radius 1 is 0.750 bits per heavy atom. The molecule has 0 spiro atoms. The summed E-state index contributed by atoms with van der Waals surface area (Å²) in [5.41, 5.74) is 3.44. The first kappa shape index (κ1) is 37.3. The second-order valence-corrected chi connectivity index (χ2v) is 11.3. The first-order valence-corrected chi connectivity index (χ1v) is 15.8. The zero-order valence-electron chi connectivity index (χ0n) is 26.7. The molecule has 0 aliphatic rings. The fourth-order valence-electron chi connectivity index (χ4n) is 4.44. The van der Waals surface area contributed by atoms with Crippen molar-refractivity contribution in [2.45, 2.75) is 52.9 Å². The molecular weight excluding hydrogens is 665 g/mol. The molecule has 0 aliphatic heterocycles. The molecule has 0 bridgehead atoms. The normalized spacial score (nSPS) is 12.4. The Morgan fingerprint density at radius 2 is 1.33 bits per heavy atom. The van der Waals surface area contributed by atoms with Crippen molar-refractivity contribution in [2.24, 2.45) is 0 Å². The van der Waals surface area contributed by atoms with Crippen LogP contribution in [0.1, 0.15) is 45.0 Å². The molecule has 0 radical (unpaired) electrons. The number of hydrogen-bond acceptors (Lipinski definition) is 13. The Balaban J connectivity index is 1.90. The van der Waals surface area contributed by atoms with Crippen LogP contribution in [0.4, 0.5) is 5.00 Å². The number of hydrogen-bond donors (Lipinski definition) is 2. The summed E-state index contributed by atoms with van der Waals surface area (Å²) in [5.74, 6) is -5.22. The van der Waals surface area contributed by atoms with Crippen molar-refractivity contribution in [2.75, 3.05) is 18.5 Å². The largest absolute Gasteiger partial charge is 0.462 e. The van der Waals surface area contributed by atoms with Gasteiger partial charge in [-0.15, -0.1) is 11.3 Å². The zero-order valence-corrected chi connectivity index (χ0v) is 28.4. The summed E-state index contributed by atoms with van der Waals surface area (Å²) in [5, 5.41) is 6.82. The van der Waals surface area contributed by atoms with Crippen LogP contribution >= 0.6 is 23.6 Å². The Kier molecular flexibility index (Phi) is 13.7. The van der Waals surface area contributed by atoms with E-state index in [2.05, 4.69) is 10.6 Å². The van der Waals surface area contributed by atoms with Gasteiger partial charge in [0.05, 0.1) is 6.61 Å². The van der Waals surface area contributed by atoms with Crippen LogP contribution in [0.5, 0.6) is 0 Å². The fourth-order valence-corrected chi connectivity index (χ4v) is 5.67. The van der Waals surface area contributed by atoms with Crippen molar-refractivity contribution in [3.63, 3.8) is 0 Å². The second kappa shape index (κ2) is 17.7. The summed E-state index contributed by atoms with van der Waals surface area (Å²) in [6, 6.07) is 17.4. The lowest BCUT2D eigenvalue weighted by atomic mass is 9.99. The van der Waals surface area contributed by atoms with E-state index in [1.165, 1.54) is 0 Å². The van der Waals surface area contributed by atoms with Crippen molar-refractivity contribution < 1.29 is 52.5 Å². The van der Waals surface area contributed by atoms with Crippen LogP contribution in [0.15, 0.2) is 60.0 Å². The third-order valence-corrected chi connectivity index (χ3v) is 7.42. The molecule has 15 heteroatoms. The number of thiocarbonyl (C=S) groups is 1. The molecule has 3 aromatic rings. The quantitative estimate of drug-likeness (QED) is 0.146. The summed E-state index contributed by atoms with van der Waals surface area (Å²) >= 11 is 6.48. The maximum atomic E-state index is 13.5. The number of carbonyl (C=O) groups excluding carboxylic acids is 6. The number of benzene rings is 2. The predicted molar refractivity (Wildman–Crippen MR) is 179 cm³/mol. The molecule has 1 aromatic heterocycles. The molecule has 13 nitrogen and oxygen atoms in total. The van der Waals surface area contributed by atoms with Gasteiger partial charge in [0, 0.05) is 38.6 Å². The summed E-state index contributed by atoms with van der Waals surface area (Å²) in [6.45, 7) is 5.27. The molecule has 0 fully saturated rings. The van der Waals surface area contributed by atoms with E-state index in [1.807, 2.05) is 54.6 Å². The van der Waals surface area contributed by atoms with Crippen LogP contribution in [0.3, 0.4) is 0 Å². The Labute approximate surface area is 285 Å². The maximum Gasteiger partial charge on any atom is 0.341 e. The van der Waals surface area contributed by atoms with Crippen molar-refractivity contribution >= 4 is 69.4 Å². The third-order valence-electron chi connectivity index (χ3n) is 6.32. The van der Waals surface area contributed by atoms with Gasteiger partial charge in [0.1, 0.15) is 17.2 Å². The van der Waals surface area contributed by atoms with Gasteiger partial charge >= 0.3 is 29.8 Å². The lowest BCUT2D eigenvalue weighted by Gasteiger charge is -2.30.